The number of nitrogens with zero attached hydrogens (tertiary/aromatic N) is 2. The molecule has 1 unspecified atom stereocenters. The first kappa shape index (κ1) is 14.8. The predicted octanol–water partition coefficient (Wildman–Crippen LogP) is 2.07. The monoisotopic (exact) mass is 278 g/mol. The molecule has 0 bridgehead atoms. The molecule has 0 aromatic heterocycles. The lowest BCUT2D eigenvalue weighted by Crippen LogP contribution is -2.30. The normalized spacial score (nSPS) is 22.1. The van der Waals surface area contributed by atoms with Crippen molar-refractivity contribution in [3.8, 4) is 0 Å². The lowest BCUT2D eigenvalue weighted by Gasteiger charge is -2.17. The molecule has 1 aliphatic carbocycles. The van der Waals surface area contributed by atoms with Gasteiger partial charge in [0, 0.05) is 32.9 Å². The summed E-state index contributed by atoms with van der Waals surface area (Å²) in [7, 11) is 1.82. The lowest BCUT2D eigenvalue weighted by atomic mass is 9.92. The molecular weight excluding hydrogens is 256 g/mol. The summed E-state index contributed by atoms with van der Waals surface area (Å²) in [5.41, 5.74) is 2.02. The van der Waals surface area contributed by atoms with Crippen LogP contribution in [0.4, 0.5) is 0 Å². The summed E-state index contributed by atoms with van der Waals surface area (Å²) in [6.45, 7) is 2.82. The van der Waals surface area contributed by atoms with E-state index in [-0.39, 0.29) is 17.8 Å². The molecule has 1 amide bonds. The number of rotatable bonds is 5. The Balaban J connectivity index is 1.83. The third-order valence-corrected chi connectivity index (χ3v) is 3.74. The Morgan fingerprint density at radius 3 is 2.95 bits per heavy atom. The summed E-state index contributed by atoms with van der Waals surface area (Å²) >= 11 is 0. The number of carbonyl (C=O) groups excluding carboxylic acids is 2. The van der Waals surface area contributed by atoms with Crippen molar-refractivity contribution in [3.63, 3.8) is 0 Å². The van der Waals surface area contributed by atoms with E-state index in [9.17, 15) is 9.59 Å². The Bertz CT molecular complexity index is 454. The Morgan fingerprint density at radius 1 is 1.50 bits per heavy atom. The molecule has 5 heteroatoms. The molecule has 0 fully saturated rings. The van der Waals surface area contributed by atoms with E-state index in [1.165, 1.54) is 0 Å². The van der Waals surface area contributed by atoms with Gasteiger partial charge in [-0.1, -0.05) is 18.2 Å². The fourth-order valence-corrected chi connectivity index (χ4v) is 2.52. The number of ketones is 1. The maximum Gasteiger partial charge on any atom is 0.226 e. The highest BCUT2D eigenvalue weighted by molar-refractivity contribution is 6.03. The first-order valence-electron chi connectivity index (χ1n) is 7.28. The topological polar surface area (TPSA) is 59.0 Å². The molecule has 1 atom stereocenters. The van der Waals surface area contributed by atoms with Crippen molar-refractivity contribution < 1.29 is 14.4 Å². The van der Waals surface area contributed by atoms with E-state index in [4.69, 9.17) is 4.84 Å². The van der Waals surface area contributed by atoms with Crippen LogP contribution in [0.2, 0.25) is 0 Å². The first-order valence-corrected chi connectivity index (χ1v) is 7.28. The largest absolute Gasteiger partial charge is 0.391 e. The second-order valence-corrected chi connectivity index (χ2v) is 5.46. The molecule has 0 saturated heterocycles. The van der Waals surface area contributed by atoms with Gasteiger partial charge in [-0.2, -0.15) is 0 Å². The summed E-state index contributed by atoms with van der Waals surface area (Å²) in [6.07, 6.45) is 5.62. The van der Waals surface area contributed by atoms with E-state index in [1.54, 1.807) is 4.90 Å². The van der Waals surface area contributed by atoms with Crippen molar-refractivity contribution in [1.82, 2.24) is 4.90 Å². The summed E-state index contributed by atoms with van der Waals surface area (Å²) in [6, 6.07) is 0. The van der Waals surface area contributed by atoms with Crippen LogP contribution in [0.3, 0.4) is 0 Å². The number of carbonyl (C=O) groups is 2. The van der Waals surface area contributed by atoms with Crippen LogP contribution in [-0.4, -0.2) is 42.0 Å². The second-order valence-electron chi connectivity index (χ2n) is 5.46. The van der Waals surface area contributed by atoms with E-state index in [1.807, 2.05) is 20.0 Å². The number of hydrogen-bond donors (Lipinski definition) is 0. The molecule has 110 valence electrons. The van der Waals surface area contributed by atoms with Crippen LogP contribution in [0, 0.1) is 0 Å². The van der Waals surface area contributed by atoms with Gasteiger partial charge in [0.1, 0.15) is 11.9 Å². The van der Waals surface area contributed by atoms with Crippen molar-refractivity contribution in [2.24, 2.45) is 5.16 Å². The summed E-state index contributed by atoms with van der Waals surface area (Å²) in [5.74, 6) is 0.377. The third kappa shape index (κ3) is 3.68. The minimum atomic E-state index is -0.157. The molecule has 0 spiro atoms. The maximum absolute atomic E-state index is 12.0. The molecule has 0 saturated carbocycles. The third-order valence-electron chi connectivity index (χ3n) is 3.74. The maximum atomic E-state index is 12.0. The average molecular weight is 278 g/mol. The van der Waals surface area contributed by atoms with Gasteiger partial charge in [-0.3, -0.25) is 9.59 Å². The van der Waals surface area contributed by atoms with Crippen LogP contribution in [0.15, 0.2) is 16.8 Å². The van der Waals surface area contributed by atoms with Crippen LogP contribution < -0.4 is 0 Å². The lowest BCUT2D eigenvalue weighted by molar-refractivity contribution is -0.132. The molecule has 20 heavy (non-hydrogen) atoms. The fraction of sp³-hybridized carbons (Fsp3) is 0.667. The minimum absolute atomic E-state index is 0.0982. The highest BCUT2D eigenvalue weighted by Gasteiger charge is 2.27. The van der Waals surface area contributed by atoms with Gasteiger partial charge in [0.05, 0.1) is 12.1 Å². The molecule has 5 nitrogen and oxygen atoms in total. The standard InChI is InChI=1S/C15H22N2O3/c1-3-8-17(2)15(19)10-13-9-14(16-20-13)11-4-6-12(18)7-5-11/h4,13H,3,5-10H2,1-2H3. The summed E-state index contributed by atoms with van der Waals surface area (Å²) in [5, 5.41) is 4.09. The molecular formula is C15H22N2O3. The highest BCUT2D eigenvalue weighted by Crippen LogP contribution is 2.24. The van der Waals surface area contributed by atoms with E-state index >= 15 is 0 Å². The summed E-state index contributed by atoms with van der Waals surface area (Å²) < 4.78 is 0. The zero-order valence-corrected chi connectivity index (χ0v) is 12.2. The van der Waals surface area contributed by atoms with Gasteiger partial charge in [-0.15, -0.1) is 0 Å². The van der Waals surface area contributed by atoms with Gasteiger partial charge in [0.15, 0.2) is 0 Å². The Kier molecular flexibility index (Phi) is 4.93. The van der Waals surface area contributed by atoms with E-state index in [0.717, 1.165) is 30.7 Å². The van der Waals surface area contributed by atoms with Gasteiger partial charge in [0.25, 0.3) is 0 Å². The molecule has 1 heterocycles. The zero-order chi connectivity index (χ0) is 14.5. The van der Waals surface area contributed by atoms with Gasteiger partial charge >= 0.3 is 0 Å². The van der Waals surface area contributed by atoms with Crippen LogP contribution in [0.25, 0.3) is 0 Å². The van der Waals surface area contributed by atoms with Crippen LogP contribution >= 0.6 is 0 Å². The van der Waals surface area contributed by atoms with Crippen LogP contribution in [-0.2, 0) is 14.4 Å². The van der Waals surface area contributed by atoms with Gasteiger partial charge < -0.3 is 9.74 Å². The number of Topliss-reactive ketones (excluding diaryl/α,β-unsaturated/α-hetero) is 1. The van der Waals surface area contributed by atoms with Crippen molar-refractivity contribution in [2.75, 3.05) is 13.6 Å². The smallest absolute Gasteiger partial charge is 0.226 e. The molecule has 0 aromatic carbocycles. The summed E-state index contributed by atoms with van der Waals surface area (Å²) in [4.78, 5) is 30.2. The van der Waals surface area contributed by atoms with E-state index in [2.05, 4.69) is 5.16 Å². The Hall–Kier alpha value is -1.65. The van der Waals surface area contributed by atoms with E-state index < -0.39 is 0 Å². The molecule has 0 N–H and O–H groups in total. The number of hydrogen-bond acceptors (Lipinski definition) is 4. The average Bonchev–Trinajstić information content (AvgIpc) is 2.88. The van der Waals surface area contributed by atoms with Crippen molar-refractivity contribution in [3.05, 3.63) is 11.6 Å². The van der Waals surface area contributed by atoms with Crippen molar-refractivity contribution >= 4 is 17.4 Å². The fourth-order valence-electron chi connectivity index (χ4n) is 2.52. The van der Waals surface area contributed by atoms with Gasteiger partial charge in [0.2, 0.25) is 5.91 Å². The number of oxime groups is 1. The SMILES string of the molecule is CCCN(C)C(=O)CC1CC(C2=CCC(=O)CC2)=NO1. The van der Waals surface area contributed by atoms with Crippen LogP contribution in [0.1, 0.15) is 45.4 Å². The Labute approximate surface area is 119 Å². The van der Waals surface area contributed by atoms with Crippen molar-refractivity contribution in [1.29, 1.82) is 0 Å². The first-order chi connectivity index (χ1) is 9.60. The van der Waals surface area contributed by atoms with E-state index in [0.29, 0.717) is 25.7 Å². The minimum Gasteiger partial charge on any atom is -0.391 e. The molecule has 1 aliphatic heterocycles. The van der Waals surface area contributed by atoms with Gasteiger partial charge in [-0.25, -0.2) is 0 Å². The number of allylic oxidation sites excluding steroid dienone is 2. The molecule has 2 rings (SSSR count). The molecule has 0 radical (unpaired) electrons. The van der Waals surface area contributed by atoms with Crippen molar-refractivity contribution in [2.45, 2.75) is 51.6 Å². The second kappa shape index (κ2) is 6.68. The quantitative estimate of drug-likeness (QED) is 0.773. The predicted molar refractivity (Wildman–Crippen MR) is 76.4 cm³/mol. The van der Waals surface area contributed by atoms with Gasteiger partial charge in [-0.05, 0) is 18.4 Å². The zero-order valence-electron chi connectivity index (χ0n) is 12.2. The highest BCUT2D eigenvalue weighted by atomic mass is 16.6. The molecule has 2 aliphatic rings. The number of amides is 1. The molecule has 0 aromatic rings. The van der Waals surface area contributed by atoms with Crippen LogP contribution in [0.5, 0.6) is 0 Å². The Morgan fingerprint density at radius 2 is 2.30 bits per heavy atom.